The molecule has 0 spiro atoms. The van der Waals surface area contributed by atoms with Gasteiger partial charge in [0.1, 0.15) is 11.9 Å². The summed E-state index contributed by atoms with van der Waals surface area (Å²) in [4.78, 5) is 12.3. The largest absolute Gasteiger partial charge is 0.406 e. The van der Waals surface area contributed by atoms with Gasteiger partial charge in [-0.1, -0.05) is 12.1 Å². The summed E-state index contributed by atoms with van der Waals surface area (Å²) in [5, 5.41) is 8.04. The highest BCUT2D eigenvalue weighted by Gasteiger charge is 2.40. The average Bonchev–Trinajstić information content (AvgIpc) is 2.69. The van der Waals surface area contributed by atoms with Crippen molar-refractivity contribution in [2.45, 2.75) is 11.6 Å². The number of carbonyl (C=O) groups is 1. The van der Waals surface area contributed by atoms with E-state index in [4.69, 9.17) is 5.26 Å². The first-order valence-corrected chi connectivity index (χ1v) is 6.43. The van der Waals surface area contributed by atoms with E-state index < -0.39 is 24.0 Å². The molecule has 2 rings (SSSR count). The molecule has 1 unspecified atom stereocenters. The maximum atomic E-state index is 12.4. The summed E-state index contributed by atoms with van der Waals surface area (Å²) >= 11 is 1.16. The van der Waals surface area contributed by atoms with Crippen molar-refractivity contribution < 1.29 is 18.0 Å². The topological polar surface area (TPSA) is 44.1 Å². The molecule has 1 atom stereocenters. The zero-order chi connectivity index (χ0) is 14.0. The molecule has 1 fully saturated rings. The first-order chi connectivity index (χ1) is 8.90. The fourth-order valence-corrected chi connectivity index (χ4v) is 3.00. The second-order valence-corrected chi connectivity index (χ2v) is 5.10. The fraction of sp³-hybridized carbons (Fsp3) is 0.333. The summed E-state index contributed by atoms with van der Waals surface area (Å²) in [5.41, 5.74) is 1.03. The Morgan fingerprint density at radius 2 is 2.00 bits per heavy atom. The van der Waals surface area contributed by atoms with Crippen LogP contribution in [0.2, 0.25) is 0 Å². The van der Waals surface area contributed by atoms with Crippen LogP contribution in [0.5, 0.6) is 0 Å². The molecular formula is C12H9F3N2OS. The van der Waals surface area contributed by atoms with E-state index in [1.807, 2.05) is 6.07 Å². The minimum atomic E-state index is -4.41. The smallest absolute Gasteiger partial charge is 0.317 e. The van der Waals surface area contributed by atoms with E-state index in [-0.39, 0.29) is 5.75 Å². The van der Waals surface area contributed by atoms with E-state index in [1.165, 1.54) is 12.1 Å². The van der Waals surface area contributed by atoms with Crippen LogP contribution in [-0.4, -0.2) is 29.3 Å². The number of carbonyl (C=O) groups excluding carboxylic acids is 1. The van der Waals surface area contributed by atoms with Crippen LogP contribution in [0.25, 0.3) is 0 Å². The van der Waals surface area contributed by atoms with Crippen LogP contribution in [0.3, 0.4) is 0 Å². The van der Waals surface area contributed by atoms with Crippen molar-refractivity contribution in [3.8, 4) is 6.07 Å². The number of halogens is 3. The van der Waals surface area contributed by atoms with Crippen molar-refractivity contribution >= 4 is 17.7 Å². The van der Waals surface area contributed by atoms with Gasteiger partial charge in [-0.2, -0.15) is 18.4 Å². The highest BCUT2D eigenvalue weighted by Crippen LogP contribution is 2.40. The van der Waals surface area contributed by atoms with Gasteiger partial charge < -0.3 is 4.90 Å². The highest BCUT2D eigenvalue weighted by atomic mass is 32.2. The Bertz CT molecular complexity index is 521. The third-order valence-electron chi connectivity index (χ3n) is 2.64. The van der Waals surface area contributed by atoms with Crippen molar-refractivity contribution in [1.29, 1.82) is 5.26 Å². The molecule has 100 valence electrons. The molecule has 0 aromatic heterocycles. The number of rotatable bonds is 2. The maximum Gasteiger partial charge on any atom is 0.406 e. The fourth-order valence-electron chi connectivity index (χ4n) is 1.82. The van der Waals surface area contributed by atoms with Gasteiger partial charge in [0.25, 0.3) is 0 Å². The molecule has 0 bridgehead atoms. The molecule has 1 aromatic rings. The lowest BCUT2D eigenvalue weighted by atomic mass is 10.1. The van der Waals surface area contributed by atoms with E-state index in [9.17, 15) is 18.0 Å². The number of amides is 1. The molecule has 0 saturated carbocycles. The van der Waals surface area contributed by atoms with Crippen molar-refractivity contribution in [3.05, 3.63) is 35.4 Å². The lowest BCUT2D eigenvalue weighted by Gasteiger charge is -2.25. The molecule has 1 saturated heterocycles. The molecule has 3 nitrogen and oxygen atoms in total. The van der Waals surface area contributed by atoms with Crippen LogP contribution in [-0.2, 0) is 4.79 Å². The van der Waals surface area contributed by atoms with Crippen molar-refractivity contribution in [2.24, 2.45) is 0 Å². The Morgan fingerprint density at radius 3 is 2.53 bits per heavy atom. The quantitative estimate of drug-likeness (QED) is 0.839. The number of hydrogen-bond acceptors (Lipinski definition) is 3. The van der Waals surface area contributed by atoms with Gasteiger partial charge in [0.2, 0.25) is 5.91 Å². The summed E-state index contributed by atoms with van der Waals surface area (Å²) in [6.45, 7) is -1.25. The Hall–Kier alpha value is -1.68. The number of benzene rings is 1. The van der Waals surface area contributed by atoms with Gasteiger partial charge in [0.05, 0.1) is 17.4 Å². The van der Waals surface area contributed by atoms with E-state index in [1.54, 1.807) is 12.1 Å². The predicted molar refractivity (Wildman–Crippen MR) is 64.1 cm³/mol. The van der Waals surface area contributed by atoms with Crippen LogP contribution in [0.4, 0.5) is 13.2 Å². The summed E-state index contributed by atoms with van der Waals surface area (Å²) in [7, 11) is 0. The van der Waals surface area contributed by atoms with Gasteiger partial charge >= 0.3 is 6.18 Å². The van der Waals surface area contributed by atoms with E-state index in [2.05, 4.69) is 0 Å². The Balaban J connectivity index is 2.22. The van der Waals surface area contributed by atoms with Gasteiger partial charge in [-0.25, -0.2) is 0 Å². The lowest BCUT2D eigenvalue weighted by Crippen LogP contribution is -2.37. The normalized spacial score (nSPS) is 19.6. The van der Waals surface area contributed by atoms with Crippen molar-refractivity contribution in [2.75, 3.05) is 12.3 Å². The molecule has 1 aliphatic heterocycles. The van der Waals surface area contributed by atoms with Gasteiger partial charge in [-0.05, 0) is 17.7 Å². The molecule has 1 amide bonds. The Morgan fingerprint density at radius 1 is 1.37 bits per heavy atom. The minimum absolute atomic E-state index is 0.0424. The zero-order valence-electron chi connectivity index (χ0n) is 9.65. The highest BCUT2D eigenvalue weighted by molar-refractivity contribution is 8.00. The van der Waals surface area contributed by atoms with E-state index in [0.29, 0.717) is 11.1 Å². The van der Waals surface area contributed by atoms with E-state index >= 15 is 0 Å². The number of hydrogen-bond donors (Lipinski definition) is 0. The summed E-state index contributed by atoms with van der Waals surface area (Å²) in [5.74, 6) is -0.475. The molecule has 1 heterocycles. The number of alkyl halides is 3. The monoisotopic (exact) mass is 286 g/mol. The first kappa shape index (κ1) is 13.7. The van der Waals surface area contributed by atoms with Gasteiger partial charge in [-0.15, -0.1) is 11.8 Å². The lowest BCUT2D eigenvalue weighted by molar-refractivity contribution is -0.159. The van der Waals surface area contributed by atoms with Crippen molar-refractivity contribution in [3.63, 3.8) is 0 Å². The van der Waals surface area contributed by atoms with Crippen LogP contribution < -0.4 is 0 Å². The second kappa shape index (κ2) is 5.13. The molecule has 0 radical (unpaired) electrons. The number of thioether (sulfide) groups is 1. The standard InChI is InChI=1S/C12H9F3N2OS/c13-12(14,15)7-17-10(18)6-19-11(17)9-3-1-8(5-16)2-4-9/h1-4,11H,6-7H2. The SMILES string of the molecule is N#Cc1ccc(C2SCC(=O)N2CC(F)(F)F)cc1. The molecular weight excluding hydrogens is 277 g/mol. The van der Waals surface area contributed by atoms with Crippen LogP contribution in [0.15, 0.2) is 24.3 Å². The third-order valence-corrected chi connectivity index (χ3v) is 3.90. The van der Waals surface area contributed by atoms with Crippen LogP contribution in [0.1, 0.15) is 16.5 Å². The molecule has 0 aliphatic carbocycles. The molecule has 19 heavy (non-hydrogen) atoms. The van der Waals surface area contributed by atoms with E-state index in [0.717, 1.165) is 16.7 Å². The third kappa shape index (κ3) is 3.20. The second-order valence-electron chi connectivity index (χ2n) is 4.03. The Labute approximate surface area is 112 Å². The molecule has 1 aromatic carbocycles. The van der Waals surface area contributed by atoms with Crippen LogP contribution >= 0.6 is 11.8 Å². The average molecular weight is 286 g/mol. The zero-order valence-corrected chi connectivity index (χ0v) is 10.5. The van der Waals surface area contributed by atoms with Crippen LogP contribution in [0, 0.1) is 11.3 Å². The number of nitriles is 1. The first-order valence-electron chi connectivity index (χ1n) is 5.38. The Kier molecular flexibility index (Phi) is 3.71. The van der Waals surface area contributed by atoms with Crippen molar-refractivity contribution in [1.82, 2.24) is 4.90 Å². The van der Waals surface area contributed by atoms with Gasteiger partial charge in [-0.3, -0.25) is 4.79 Å². The molecule has 7 heteroatoms. The van der Waals surface area contributed by atoms with Gasteiger partial charge in [0, 0.05) is 0 Å². The maximum absolute atomic E-state index is 12.4. The molecule has 1 aliphatic rings. The summed E-state index contributed by atoms with van der Waals surface area (Å²) in [6.07, 6.45) is -4.41. The summed E-state index contributed by atoms with van der Waals surface area (Å²) < 4.78 is 37.3. The van der Waals surface area contributed by atoms with Gasteiger partial charge in [0.15, 0.2) is 0 Å². The molecule has 0 N–H and O–H groups in total. The number of nitrogens with zero attached hydrogens (tertiary/aromatic N) is 2. The predicted octanol–water partition coefficient (Wildman–Crippen LogP) is 2.69. The summed E-state index contributed by atoms with van der Waals surface area (Å²) in [6, 6.07) is 8.16. The minimum Gasteiger partial charge on any atom is -0.317 e.